The highest BCUT2D eigenvalue weighted by atomic mass is 35.5. The Bertz CT molecular complexity index is 1400. The summed E-state index contributed by atoms with van der Waals surface area (Å²) in [6, 6.07) is 21.4. The summed E-state index contributed by atoms with van der Waals surface area (Å²) in [6.45, 7) is 0. The van der Waals surface area contributed by atoms with E-state index in [0.717, 1.165) is 0 Å². The van der Waals surface area contributed by atoms with Crippen molar-refractivity contribution in [2.45, 2.75) is 0 Å². The molecule has 0 unspecified atom stereocenters. The minimum absolute atomic E-state index is 0.102. The van der Waals surface area contributed by atoms with Crippen LogP contribution in [0, 0.1) is 20.2 Å². The molecule has 11 heteroatoms. The number of hydrogen-bond donors (Lipinski definition) is 2. The van der Waals surface area contributed by atoms with Gasteiger partial charge in [-0.05, 0) is 48.5 Å². The molecule has 0 atom stereocenters. The van der Waals surface area contributed by atoms with Crippen LogP contribution in [-0.2, 0) is 0 Å². The number of anilines is 4. The Hall–Kier alpha value is -4.47. The van der Waals surface area contributed by atoms with Gasteiger partial charge in [0.25, 0.3) is 11.4 Å². The molecule has 0 amide bonds. The van der Waals surface area contributed by atoms with E-state index in [9.17, 15) is 25.0 Å². The van der Waals surface area contributed by atoms with Crippen LogP contribution in [0.3, 0.4) is 0 Å². The van der Waals surface area contributed by atoms with Crippen molar-refractivity contribution in [2.75, 3.05) is 10.6 Å². The average molecular weight is 523 g/mol. The lowest BCUT2D eigenvalue weighted by Crippen LogP contribution is -2.05. The van der Waals surface area contributed by atoms with Crippen LogP contribution < -0.4 is 10.6 Å². The number of nitro groups is 2. The largest absolute Gasteiger partial charge is 0.350 e. The number of halogens is 2. The Balaban J connectivity index is 1.56. The number of nitrogens with zero attached hydrogens (tertiary/aromatic N) is 2. The van der Waals surface area contributed by atoms with Gasteiger partial charge in [0.1, 0.15) is 11.4 Å². The maximum atomic E-state index is 13.1. The smallest absolute Gasteiger partial charge is 0.292 e. The Morgan fingerprint density at radius 3 is 1.39 bits per heavy atom. The molecule has 0 aliphatic rings. The van der Waals surface area contributed by atoms with Gasteiger partial charge in [-0.2, -0.15) is 0 Å². The Morgan fingerprint density at radius 1 is 0.639 bits per heavy atom. The molecular weight excluding hydrogens is 507 g/mol. The van der Waals surface area contributed by atoms with E-state index >= 15 is 0 Å². The van der Waals surface area contributed by atoms with E-state index in [0.29, 0.717) is 11.4 Å². The van der Waals surface area contributed by atoms with Crippen LogP contribution >= 0.6 is 23.2 Å². The highest BCUT2D eigenvalue weighted by molar-refractivity contribution is 6.38. The lowest BCUT2D eigenvalue weighted by Gasteiger charge is -2.12. The monoisotopic (exact) mass is 522 g/mol. The van der Waals surface area contributed by atoms with E-state index in [-0.39, 0.29) is 43.9 Å². The fourth-order valence-electron chi connectivity index (χ4n) is 3.49. The highest BCUT2D eigenvalue weighted by Gasteiger charge is 2.19. The zero-order chi connectivity index (χ0) is 25.8. The normalized spacial score (nSPS) is 10.5. The molecule has 4 aromatic rings. The summed E-state index contributed by atoms with van der Waals surface area (Å²) in [6.07, 6.45) is 0. The molecule has 0 heterocycles. The molecule has 0 fully saturated rings. The van der Waals surface area contributed by atoms with Crippen molar-refractivity contribution in [3.05, 3.63) is 126 Å². The van der Waals surface area contributed by atoms with Crippen molar-refractivity contribution in [3.8, 4) is 0 Å². The van der Waals surface area contributed by atoms with Crippen molar-refractivity contribution in [3.63, 3.8) is 0 Å². The van der Waals surface area contributed by atoms with Crippen LogP contribution in [0.25, 0.3) is 0 Å². The molecule has 4 aromatic carbocycles. The quantitative estimate of drug-likeness (QED) is 0.139. The second kappa shape index (κ2) is 10.4. The van der Waals surface area contributed by atoms with Crippen molar-refractivity contribution < 1.29 is 14.6 Å². The fraction of sp³-hybridized carbons (Fsp3) is 0. The average Bonchev–Trinajstić information content (AvgIpc) is 2.84. The van der Waals surface area contributed by atoms with Gasteiger partial charge in [0.15, 0.2) is 5.78 Å². The number of carbonyl (C=O) groups excluding carboxylic acids is 1. The minimum atomic E-state index is -0.502. The second-order valence-electron chi connectivity index (χ2n) is 7.52. The Labute approximate surface area is 214 Å². The van der Waals surface area contributed by atoms with Gasteiger partial charge in [-0.1, -0.05) is 47.5 Å². The summed E-state index contributed by atoms with van der Waals surface area (Å²) in [5.41, 5.74) is 1.65. The SMILES string of the molecule is O=C(c1ccc(Nc2ccccc2[N+](=O)[O-])cc1Cl)c1ccc(Nc2ccccc2[N+](=O)[O-])cc1Cl. The summed E-state index contributed by atoms with van der Waals surface area (Å²) in [7, 11) is 0. The number of benzene rings is 4. The van der Waals surface area contributed by atoms with Gasteiger partial charge in [-0.3, -0.25) is 25.0 Å². The van der Waals surface area contributed by atoms with Crippen LogP contribution in [-0.4, -0.2) is 15.6 Å². The minimum Gasteiger partial charge on any atom is -0.350 e. The predicted octanol–water partition coefficient (Wildman–Crippen LogP) is 7.53. The molecule has 36 heavy (non-hydrogen) atoms. The maximum Gasteiger partial charge on any atom is 0.292 e. The molecule has 0 aromatic heterocycles. The van der Waals surface area contributed by atoms with Crippen LogP contribution in [0.4, 0.5) is 34.1 Å². The third-order valence-electron chi connectivity index (χ3n) is 5.19. The number of para-hydroxylation sites is 4. The van der Waals surface area contributed by atoms with E-state index < -0.39 is 15.6 Å². The van der Waals surface area contributed by atoms with Gasteiger partial charge in [-0.15, -0.1) is 0 Å². The van der Waals surface area contributed by atoms with Crippen LogP contribution in [0.5, 0.6) is 0 Å². The Morgan fingerprint density at radius 2 is 1.03 bits per heavy atom. The molecule has 4 rings (SSSR count). The zero-order valence-electron chi connectivity index (χ0n) is 18.3. The first kappa shape index (κ1) is 24.6. The van der Waals surface area contributed by atoms with Gasteiger partial charge >= 0.3 is 0 Å². The number of nitrogens with one attached hydrogen (secondary N) is 2. The zero-order valence-corrected chi connectivity index (χ0v) is 19.8. The predicted molar refractivity (Wildman–Crippen MR) is 139 cm³/mol. The molecule has 180 valence electrons. The molecule has 2 N–H and O–H groups in total. The Kier molecular flexibility index (Phi) is 7.14. The van der Waals surface area contributed by atoms with E-state index in [1.807, 2.05) is 0 Å². The number of carbonyl (C=O) groups is 1. The molecule has 0 bridgehead atoms. The molecule has 0 radical (unpaired) electrons. The highest BCUT2D eigenvalue weighted by Crippen LogP contribution is 2.33. The van der Waals surface area contributed by atoms with Crippen molar-refractivity contribution >= 4 is 63.1 Å². The number of rotatable bonds is 8. The topological polar surface area (TPSA) is 127 Å². The van der Waals surface area contributed by atoms with Crippen LogP contribution in [0.15, 0.2) is 84.9 Å². The second-order valence-corrected chi connectivity index (χ2v) is 8.33. The standard InChI is InChI=1S/C25H16Cl2N4O5/c26-19-13-15(28-21-5-1-3-7-23(21)30(33)34)9-11-17(19)25(32)18-12-10-16(14-20(18)27)29-22-6-2-4-8-24(22)31(35)36/h1-14,28-29H. The summed E-state index contributed by atoms with van der Waals surface area (Å²) < 4.78 is 0. The molecule has 9 nitrogen and oxygen atoms in total. The summed E-state index contributed by atoms with van der Waals surface area (Å²) in [5.74, 6) is -0.431. The van der Waals surface area contributed by atoms with E-state index in [2.05, 4.69) is 10.6 Å². The van der Waals surface area contributed by atoms with E-state index in [1.54, 1.807) is 48.5 Å². The number of nitro benzene ring substituents is 2. The van der Waals surface area contributed by atoms with Crippen molar-refractivity contribution in [2.24, 2.45) is 0 Å². The molecule has 0 aliphatic carbocycles. The lowest BCUT2D eigenvalue weighted by atomic mass is 10.0. The maximum absolute atomic E-state index is 13.1. The molecule has 0 saturated heterocycles. The third kappa shape index (κ3) is 5.27. The first-order chi connectivity index (χ1) is 17.2. The third-order valence-corrected chi connectivity index (χ3v) is 5.81. The van der Waals surface area contributed by atoms with Crippen molar-refractivity contribution in [1.82, 2.24) is 0 Å². The van der Waals surface area contributed by atoms with Gasteiger partial charge in [0.05, 0.1) is 19.9 Å². The van der Waals surface area contributed by atoms with Gasteiger partial charge in [-0.25, -0.2) is 0 Å². The number of hydrogen-bond acceptors (Lipinski definition) is 7. The van der Waals surface area contributed by atoms with Gasteiger partial charge < -0.3 is 10.6 Å². The molecule has 0 aliphatic heterocycles. The van der Waals surface area contributed by atoms with E-state index in [4.69, 9.17) is 23.2 Å². The van der Waals surface area contributed by atoms with Crippen LogP contribution in [0.1, 0.15) is 15.9 Å². The molecule has 0 spiro atoms. The summed E-state index contributed by atoms with van der Waals surface area (Å²) in [5, 5.41) is 28.6. The van der Waals surface area contributed by atoms with Gasteiger partial charge in [0, 0.05) is 34.6 Å². The first-order valence-corrected chi connectivity index (χ1v) is 11.1. The lowest BCUT2D eigenvalue weighted by molar-refractivity contribution is -0.384. The number of ketones is 1. The molecule has 0 saturated carbocycles. The molecular formula is C25H16Cl2N4O5. The van der Waals surface area contributed by atoms with Gasteiger partial charge in [0.2, 0.25) is 0 Å². The van der Waals surface area contributed by atoms with Crippen LogP contribution in [0.2, 0.25) is 10.0 Å². The van der Waals surface area contributed by atoms with Crippen molar-refractivity contribution in [1.29, 1.82) is 0 Å². The fourth-order valence-corrected chi connectivity index (χ4v) is 4.02. The van der Waals surface area contributed by atoms with E-state index in [1.165, 1.54) is 36.4 Å². The summed E-state index contributed by atoms with van der Waals surface area (Å²) >= 11 is 12.7. The first-order valence-electron chi connectivity index (χ1n) is 10.4. The summed E-state index contributed by atoms with van der Waals surface area (Å²) in [4.78, 5) is 34.6.